The predicted molar refractivity (Wildman–Crippen MR) is 152 cm³/mol. The summed E-state index contributed by atoms with van der Waals surface area (Å²) in [6.07, 6.45) is 1.97. The molecule has 41 heavy (non-hydrogen) atoms. The van der Waals surface area contributed by atoms with Crippen molar-refractivity contribution >= 4 is 29.3 Å². The highest BCUT2D eigenvalue weighted by atomic mass is 19.4. The molecule has 1 aromatic carbocycles. The Bertz CT molecular complexity index is 1200. The molecule has 2 aliphatic carbocycles. The second kappa shape index (κ2) is 13.1. The zero-order valence-corrected chi connectivity index (χ0v) is 22.6. The third kappa shape index (κ3) is 7.46. The lowest BCUT2D eigenvalue weighted by Crippen LogP contribution is -2.51. The van der Waals surface area contributed by atoms with E-state index in [4.69, 9.17) is 0 Å². The standard InChI is InChI=1S/C28H36F3N7O2.CH4/c1-37-13-15-38(16-14-37)26(40)19-9-11-20(12-10-19)33-27-32-17-21(28(29,30)31)24(36-27)34-22-7-2-3-8-23(22)35-25(39)18-5-4-6-18;/h9-12,17-18,22-23H,2-8,13-16H2,1H3,(H,35,39)(H2,32,33,34,36);1H4/t22-,23+;/m1./s1. The van der Waals surface area contributed by atoms with Gasteiger partial charge in [0.15, 0.2) is 0 Å². The van der Waals surface area contributed by atoms with Crippen molar-refractivity contribution in [3.05, 3.63) is 41.6 Å². The predicted octanol–water partition coefficient (Wildman–Crippen LogP) is 4.90. The summed E-state index contributed by atoms with van der Waals surface area (Å²) in [6.45, 7) is 2.97. The maximum Gasteiger partial charge on any atom is 0.421 e. The van der Waals surface area contributed by atoms with Gasteiger partial charge < -0.3 is 25.8 Å². The van der Waals surface area contributed by atoms with Gasteiger partial charge in [0.1, 0.15) is 11.4 Å². The van der Waals surface area contributed by atoms with Crippen molar-refractivity contribution in [2.75, 3.05) is 43.9 Å². The number of amides is 2. The Morgan fingerprint density at radius 1 is 0.927 bits per heavy atom. The summed E-state index contributed by atoms with van der Waals surface area (Å²) in [7, 11) is 2.02. The first-order valence-electron chi connectivity index (χ1n) is 14.0. The van der Waals surface area contributed by atoms with Gasteiger partial charge >= 0.3 is 6.18 Å². The average Bonchev–Trinajstić information content (AvgIpc) is 2.89. The van der Waals surface area contributed by atoms with E-state index in [1.54, 1.807) is 24.3 Å². The van der Waals surface area contributed by atoms with Crippen LogP contribution in [0.5, 0.6) is 0 Å². The molecule has 2 atom stereocenters. The highest BCUT2D eigenvalue weighted by Gasteiger charge is 2.38. The summed E-state index contributed by atoms with van der Waals surface area (Å²) in [5.74, 6) is -0.378. The minimum atomic E-state index is -4.65. The summed E-state index contributed by atoms with van der Waals surface area (Å²) in [5, 5.41) is 9.02. The molecule has 3 aliphatic rings. The Kier molecular flexibility index (Phi) is 9.72. The number of halogens is 3. The van der Waals surface area contributed by atoms with Crippen molar-refractivity contribution in [2.24, 2.45) is 5.92 Å². The van der Waals surface area contributed by atoms with E-state index in [1.807, 2.05) is 11.9 Å². The third-order valence-corrected chi connectivity index (χ3v) is 8.16. The maximum absolute atomic E-state index is 13.9. The minimum Gasteiger partial charge on any atom is -0.365 e. The fraction of sp³-hybridized carbons (Fsp3) is 0.586. The molecular formula is C29H40F3N7O2. The van der Waals surface area contributed by atoms with Gasteiger partial charge in [-0.3, -0.25) is 9.59 Å². The Morgan fingerprint density at radius 2 is 1.59 bits per heavy atom. The van der Waals surface area contributed by atoms with Gasteiger partial charge in [0.05, 0.1) is 0 Å². The summed E-state index contributed by atoms with van der Waals surface area (Å²) in [5.41, 5.74) is 0.128. The second-order valence-electron chi connectivity index (χ2n) is 11.0. The normalized spacial score (nSPS) is 21.8. The number of anilines is 3. The summed E-state index contributed by atoms with van der Waals surface area (Å²) >= 11 is 0. The monoisotopic (exact) mass is 575 g/mol. The molecule has 12 heteroatoms. The van der Waals surface area contributed by atoms with Crippen LogP contribution in [0.15, 0.2) is 30.5 Å². The number of hydrogen-bond donors (Lipinski definition) is 3. The first-order chi connectivity index (χ1) is 19.2. The molecule has 2 heterocycles. The lowest BCUT2D eigenvalue weighted by molar-refractivity contribution is -0.137. The van der Waals surface area contributed by atoms with Crippen LogP contribution < -0.4 is 16.0 Å². The zero-order valence-electron chi connectivity index (χ0n) is 22.6. The Labute approximate surface area is 239 Å². The van der Waals surface area contributed by atoms with Gasteiger partial charge in [-0.05, 0) is 57.0 Å². The molecule has 9 nitrogen and oxygen atoms in total. The molecule has 0 spiro atoms. The van der Waals surface area contributed by atoms with Crippen molar-refractivity contribution in [1.82, 2.24) is 25.1 Å². The average molecular weight is 576 g/mol. The molecule has 1 saturated heterocycles. The van der Waals surface area contributed by atoms with Crippen LogP contribution >= 0.6 is 0 Å². The largest absolute Gasteiger partial charge is 0.421 e. The van der Waals surface area contributed by atoms with Gasteiger partial charge in [-0.25, -0.2) is 4.98 Å². The van der Waals surface area contributed by atoms with E-state index < -0.39 is 11.7 Å². The SMILES string of the molecule is C.CN1CCN(C(=O)c2ccc(Nc3ncc(C(F)(F)F)c(N[C@@H]4CCCC[C@@H]4NC(=O)C4CCC4)n3)cc2)CC1. The molecule has 2 amide bonds. The van der Waals surface area contributed by atoms with E-state index in [0.717, 1.165) is 51.4 Å². The Balaban J connectivity index is 0.00000387. The minimum absolute atomic E-state index is 0. The number of carbonyl (C=O) groups excluding carboxylic acids is 2. The van der Waals surface area contributed by atoms with Crippen LogP contribution in [0.1, 0.15) is 68.3 Å². The van der Waals surface area contributed by atoms with Crippen molar-refractivity contribution in [2.45, 2.75) is 70.6 Å². The summed E-state index contributed by atoms with van der Waals surface area (Å²) in [4.78, 5) is 37.5. The third-order valence-electron chi connectivity index (χ3n) is 8.16. The number of hydrogen-bond acceptors (Lipinski definition) is 7. The number of alkyl halides is 3. The molecule has 2 aromatic rings. The van der Waals surface area contributed by atoms with Crippen LogP contribution in [0.3, 0.4) is 0 Å². The highest BCUT2D eigenvalue weighted by Crippen LogP contribution is 2.36. The fourth-order valence-corrected chi connectivity index (χ4v) is 5.40. The van der Waals surface area contributed by atoms with E-state index in [1.165, 1.54) is 0 Å². The first kappa shape index (κ1) is 30.5. The van der Waals surface area contributed by atoms with Crippen molar-refractivity contribution in [3.8, 4) is 0 Å². The van der Waals surface area contributed by atoms with Crippen LogP contribution in [0.25, 0.3) is 0 Å². The van der Waals surface area contributed by atoms with Crippen molar-refractivity contribution < 1.29 is 22.8 Å². The van der Waals surface area contributed by atoms with Crippen molar-refractivity contribution in [3.63, 3.8) is 0 Å². The maximum atomic E-state index is 13.9. The van der Waals surface area contributed by atoms with E-state index in [-0.39, 0.29) is 49.0 Å². The lowest BCUT2D eigenvalue weighted by atomic mass is 9.83. The van der Waals surface area contributed by atoms with Crippen LogP contribution in [-0.4, -0.2) is 76.9 Å². The summed E-state index contributed by atoms with van der Waals surface area (Å²) in [6, 6.07) is 6.10. The number of nitrogens with zero attached hydrogens (tertiary/aromatic N) is 4. The first-order valence-corrected chi connectivity index (χ1v) is 14.0. The zero-order chi connectivity index (χ0) is 28.3. The number of rotatable bonds is 7. The molecule has 1 aromatic heterocycles. The number of benzene rings is 1. The molecule has 0 unspecified atom stereocenters. The highest BCUT2D eigenvalue weighted by molar-refractivity contribution is 5.94. The number of likely N-dealkylation sites (N-methyl/N-ethyl adjacent to an activating group) is 1. The van der Waals surface area contributed by atoms with Gasteiger partial charge in [0.2, 0.25) is 11.9 Å². The Hall–Kier alpha value is -3.41. The van der Waals surface area contributed by atoms with Crippen LogP contribution in [0.2, 0.25) is 0 Å². The van der Waals surface area contributed by atoms with Crippen LogP contribution in [-0.2, 0) is 11.0 Å². The smallest absolute Gasteiger partial charge is 0.365 e. The van der Waals surface area contributed by atoms with Crippen molar-refractivity contribution in [1.29, 1.82) is 0 Å². The second-order valence-corrected chi connectivity index (χ2v) is 11.0. The van der Waals surface area contributed by atoms with Gasteiger partial charge in [0, 0.05) is 61.6 Å². The lowest BCUT2D eigenvalue weighted by Gasteiger charge is -2.35. The van der Waals surface area contributed by atoms with Gasteiger partial charge in [-0.1, -0.05) is 26.7 Å². The topological polar surface area (TPSA) is 102 Å². The molecular weight excluding hydrogens is 535 g/mol. The molecule has 224 valence electrons. The molecule has 0 radical (unpaired) electrons. The molecule has 2 saturated carbocycles. The molecule has 1 aliphatic heterocycles. The molecule has 5 rings (SSSR count). The number of piperazine rings is 1. The quantitative estimate of drug-likeness (QED) is 0.432. The molecule has 3 N–H and O–H groups in total. The van der Waals surface area contributed by atoms with Gasteiger partial charge in [-0.15, -0.1) is 0 Å². The van der Waals surface area contributed by atoms with Gasteiger partial charge in [0.25, 0.3) is 5.91 Å². The van der Waals surface area contributed by atoms with E-state index in [9.17, 15) is 22.8 Å². The molecule has 0 bridgehead atoms. The number of nitrogens with one attached hydrogen (secondary N) is 3. The van der Waals surface area contributed by atoms with E-state index >= 15 is 0 Å². The fourth-order valence-electron chi connectivity index (χ4n) is 5.40. The molecule has 3 fully saturated rings. The van der Waals surface area contributed by atoms with E-state index in [0.29, 0.717) is 37.2 Å². The number of carbonyl (C=O) groups is 2. The summed E-state index contributed by atoms with van der Waals surface area (Å²) < 4.78 is 41.6. The Morgan fingerprint density at radius 3 is 2.20 bits per heavy atom. The van der Waals surface area contributed by atoms with Crippen LogP contribution in [0.4, 0.5) is 30.6 Å². The number of aromatic nitrogens is 2. The van der Waals surface area contributed by atoms with Crippen LogP contribution in [0, 0.1) is 5.92 Å². The van der Waals surface area contributed by atoms with E-state index in [2.05, 4.69) is 30.8 Å². The van der Waals surface area contributed by atoms with Gasteiger partial charge in [-0.2, -0.15) is 18.2 Å².